The van der Waals surface area contributed by atoms with Crippen LogP contribution in [-0.4, -0.2) is 12.7 Å². The number of halogens is 3. The third-order valence-corrected chi connectivity index (χ3v) is 7.70. The molecule has 0 spiro atoms. The van der Waals surface area contributed by atoms with Gasteiger partial charge in [-0.3, -0.25) is 0 Å². The molecule has 0 aromatic heterocycles. The zero-order valence-electron chi connectivity index (χ0n) is 19.8. The summed E-state index contributed by atoms with van der Waals surface area (Å²) in [4.78, 5) is 0. The van der Waals surface area contributed by atoms with Crippen LogP contribution < -0.4 is 0 Å². The lowest BCUT2D eigenvalue weighted by atomic mass is 9.65. The molecule has 0 bridgehead atoms. The van der Waals surface area contributed by atoms with Crippen LogP contribution in [0, 0.1) is 29.3 Å². The number of ether oxygens (including phenoxy) is 1. The number of hydrogen-bond donors (Lipinski definition) is 0. The molecule has 2 aliphatic rings. The minimum atomic E-state index is -0.966. The largest absolute Gasteiger partial charge is 0.378 e. The highest BCUT2D eigenvalue weighted by molar-refractivity contribution is 5.66. The first kappa shape index (κ1) is 24.1. The molecule has 0 radical (unpaired) electrons. The Hall–Kier alpha value is -2.07. The lowest BCUT2D eigenvalue weighted by Crippen LogP contribution is -2.33. The van der Waals surface area contributed by atoms with Crippen molar-refractivity contribution in [3.63, 3.8) is 0 Å². The zero-order chi connectivity index (χ0) is 23.4. The molecule has 0 aliphatic heterocycles. The Bertz CT molecular complexity index is 983. The highest BCUT2D eigenvalue weighted by atomic mass is 19.2. The molecular weight excluding hydrogens is 421 g/mol. The molecule has 2 saturated carbocycles. The number of allylic oxidation sites excluding steroid dienone is 2. The minimum absolute atomic E-state index is 0.00992. The van der Waals surface area contributed by atoms with Gasteiger partial charge in [-0.25, -0.2) is 13.2 Å². The standard InChI is InChI=1S/C29H35F3O/c1-3-5-6-7-19-11-15-26(29(32)28(19)31)25-14-12-23(18-27(25)30)20-8-9-22-17-24(33-4-2)13-10-21(22)16-20/h3,5,11-12,14-15,18,20-22,24H,4,6-10,13,16-17H2,1-2H3/b5-3+. The summed E-state index contributed by atoms with van der Waals surface area (Å²) in [5, 5.41) is 0. The van der Waals surface area contributed by atoms with Gasteiger partial charge in [0.15, 0.2) is 11.6 Å². The molecule has 2 aliphatic carbocycles. The maximum Gasteiger partial charge on any atom is 0.167 e. The highest BCUT2D eigenvalue weighted by Gasteiger charge is 2.36. The lowest BCUT2D eigenvalue weighted by Gasteiger charge is -2.42. The summed E-state index contributed by atoms with van der Waals surface area (Å²) in [7, 11) is 0. The van der Waals surface area contributed by atoms with E-state index in [-0.39, 0.29) is 11.1 Å². The average Bonchev–Trinajstić information content (AvgIpc) is 2.82. The van der Waals surface area contributed by atoms with Crippen LogP contribution >= 0.6 is 0 Å². The first-order valence-electron chi connectivity index (χ1n) is 12.5. The summed E-state index contributed by atoms with van der Waals surface area (Å²) in [6.45, 7) is 4.73. The number of benzene rings is 2. The lowest BCUT2D eigenvalue weighted by molar-refractivity contribution is -0.00956. The monoisotopic (exact) mass is 456 g/mol. The SMILES string of the molecule is C/C=C/CCc1ccc(-c2ccc(C3CCC4CC(OCC)CCC4C3)cc2F)c(F)c1F. The average molecular weight is 457 g/mol. The molecule has 2 fully saturated rings. The van der Waals surface area contributed by atoms with Crippen LogP contribution in [0.1, 0.15) is 75.8 Å². The summed E-state index contributed by atoms with van der Waals surface area (Å²) >= 11 is 0. The van der Waals surface area contributed by atoms with Crippen molar-refractivity contribution < 1.29 is 17.9 Å². The van der Waals surface area contributed by atoms with Crippen LogP contribution in [0.2, 0.25) is 0 Å². The summed E-state index contributed by atoms with van der Waals surface area (Å²) < 4.78 is 50.3. The Morgan fingerprint density at radius 1 is 0.909 bits per heavy atom. The Balaban J connectivity index is 1.47. The van der Waals surface area contributed by atoms with Crippen molar-refractivity contribution in [3.05, 3.63) is 71.1 Å². The van der Waals surface area contributed by atoms with Crippen LogP contribution in [0.3, 0.4) is 0 Å². The summed E-state index contributed by atoms with van der Waals surface area (Å²) in [6, 6.07) is 8.16. The normalized spacial score (nSPS) is 25.4. The van der Waals surface area contributed by atoms with E-state index in [0.29, 0.717) is 42.3 Å². The van der Waals surface area contributed by atoms with E-state index in [1.165, 1.54) is 12.5 Å². The molecule has 2 aromatic rings. The fourth-order valence-corrected chi connectivity index (χ4v) is 5.94. The quantitative estimate of drug-likeness (QED) is 0.380. The van der Waals surface area contributed by atoms with Gasteiger partial charge in [-0.2, -0.15) is 0 Å². The van der Waals surface area contributed by atoms with Crippen molar-refractivity contribution in [2.45, 2.75) is 77.2 Å². The van der Waals surface area contributed by atoms with E-state index in [4.69, 9.17) is 4.74 Å². The number of aryl methyl sites for hydroxylation is 1. The highest BCUT2D eigenvalue weighted by Crippen LogP contribution is 2.47. The number of rotatable bonds is 7. The molecule has 2 aromatic carbocycles. The molecule has 178 valence electrons. The van der Waals surface area contributed by atoms with Gasteiger partial charge >= 0.3 is 0 Å². The molecule has 4 atom stereocenters. The molecule has 1 nitrogen and oxygen atoms in total. The third kappa shape index (κ3) is 5.37. The number of hydrogen-bond acceptors (Lipinski definition) is 1. The van der Waals surface area contributed by atoms with Gasteiger partial charge < -0.3 is 4.74 Å². The Labute approximate surface area is 196 Å². The van der Waals surface area contributed by atoms with E-state index < -0.39 is 17.5 Å². The fraction of sp³-hybridized carbons (Fsp3) is 0.517. The van der Waals surface area contributed by atoms with Crippen LogP contribution in [0.4, 0.5) is 13.2 Å². The predicted molar refractivity (Wildman–Crippen MR) is 128 cm³/mol. The second kappa shape index (κ2) is 10.9. The van der Waals surface area contributed by atoms with Crippen molar-refractivity contribution in [2.24, 2.45) is 11.8 Å². The third-order valence-electron chi connectivity index (χ3n) is 7.70. The van der Waals surface area contributed by atoms with Gasteiger partial charge in [0.05, 0.1) is 6.10 Å². The number of fused-ring (bicyclic) bond motifs is 1. The van der Waals surface area contributed by atoms with E-state index in [1.807, 2.05) is 25.1 Å². The second-order valence-electron chi connectivity index (χ2n) is 9.67. The summed E-state index contributed by atoms with van der Waals surface area (Å²) in [5.41, 5.74) is 1.41. The molecule has 4 heteroatoms. The summed E-state index contributed by atoms with van der Waals surface area (Å²) in [6.07, 6.45) is 12.0. The van der Waals surface area contributed by atoms with Crippen LogP contribution in [0.25, 0.3) is 11.1 Å². The summed E-state index contributed by atoms with van der Waals surface area (Å²) in [5.74, 6) is -0.611. The minimum Gasteiger partial charge on any atom is -0.378 e. The zero-order valence-corrected chi connectivity index (χ0v) is 19.8. The first-order valence-corrected chi connectivity index (χ1v) is 12.5. The molecule has 0 N–H and O–H groups in total. The van der Waals surface area contributed by atoms with E-state index >= 15 is 4.39 Å². The molecule has 33 heavy (non-hydrogen) atoms. The van der Waals surface area contributed by atoms with E-state index in [0.717, 1.165) is 44.3 Å². The van der Waals surface area contributed by atoms with Crippen molar-refractivity contribution in [1.29, 1.82) is 0 Å². The van der Waals surface area contributed by atoms with Crippen LogP contribution in [0.5, 0.6) is 0 Å². The molecule has 4 rings (SSSR count). The van der Waals surface area contributed by atoms with Crippen molar-refractivity contribution >= 4 is 0 Å². The maximum atomic E-state index is 15.1. The second-order valence-corrected chi connectivity index (χ2v) is 9.67. The molecule has 4 unspecified atom stereocenters. The molecule has 0 saturated heterocycles. The van der Waals surface area contributed by atoms with Crippen LogP contribution in [0.15, 0.2) is 42.5 Å². The Morgan fingerprint density at radius 2 is 1.67 bits per heavy atom. The Kier molecular flexibility index (Phi) is 7.95. The van der Waals surface area contributed by atoms with E-state index in [9.17, 15) is 8.78 Å². The Morgan fingerprint density at radius 3 is 2.42 bits per heavy atom. The van der Waals surface area contributed by atoms with Gasteiger partial charge in [0.25, 0.3) is 0 Å². The topological polar surface area (TPSA) is 9.23 Å². The molecule has 0 heterocycles. The van der Waals surface area contributed by atoms with Gasteiger partial charge in [-0.1, -0.05) is 36.4 Å². The van der Waals surface area contributed by atoms with Gasteiger partial charge in [0.1, 0.15) is 5.82 Å². The van der Waals surface area contributed by atoms with Crippen molar-refractivity contribution in [2.75, 3.05) is 6.61 Å². The van der Waals surface area contributed by atoms with E-state index in [1.54, 1.807) is 18.2 Å². The van der Waals surface area contributed by atoms with Gasteiger partial charge in [0.2, 0.25) is 0 Å². The molecule has 0 amide bonds. The van der Waals surface area contributed by atoms with Gasteiger partial charge in [-0.05, 0) is 100 Å². The molecular formula is C29H35F3O. The van der Waals surface area contributed by atoms with Crippen molar-refractivity contribution in [1.82, 2.24) is 0 Å². The van der Waals surface area contributed by atoms with Crippen molar-refractivity contribution in [3.8, 4) is 11.1 Å². The predicted octanol–water partition coefficient (Wildman–Crippen LogP) is 8.37. The fourth-order valence-electron chi connectivity index (χ4n) is 5.94. The van der Waals surface area contributed by atoms with Gasteiger partial charge in [0, 0.05) is 17.7 Å². The van der Waals surface area contributed by atoms with E-state index in [2.05, 4.69) is 6.92 Å². The smallest absolute Gasteiger partial charge is 0.167 e. The van der Waals surface area contributed by atoms with Gasteiger partial charge in [-0.15, -0.1) is 0 Å². The van der Waals surface area contributed by atoms with Crippen LogP contribution in [-0.2, 0) is 11.2 Å². The maximum absolute atomic E-state index is 15.1. The first-order chi connectivity index (χ1) is 16.0.